The Bertz CT molecular complexity index is 635. The van der Waals surface area contributed by atoms with E-state index in [4.69, 9.17) is 9.15 Å². The van der Waals surface area contributed by atoms with Gasteiger partial charge in [-0.3, -0.25) is 4.79 Å². The quantitative estimate of drug-likeness (QED) is 0.855. The number of rotatable bonds is 4. The lowest BCUT2D eigenvalue weighted by molar-refractivity contribution is 0.0693. The molecule has 0 aromatic carbocycles. The van der Waals surface area contributed by atoms with Gasteiger partial charge in [0.15, 0.2) is 5.82 Å². The van der Waals surface area contributed by atoms with Crippen molar-refractivity contribution < 1.29 is 13.9 Å². The fraction of sp³-hybridized carbons (Fsp3) is 0.533. The van der Waals surface area contributed by atoms with Crippen LogP contribution in [-0.2, 0) is 24.3 Å². The van der Waals surface area contributed by atoms with Crippen LogP contribution in [0, 0.1) is 0 Å². The Morgan fingerprint density at radius 3 is 3.05 bits per heavy atom. The minimum atomic E-state index is -0.00804. The number of fused-ring (bicyclic) bond motifs is 1. The molecule has 3 heterocycles. The molecule has 3 rings (SSSR count). The van der Waals surface area contributed by atoms with Gasteiger partial charge >= 0.3 is 0 Å². The van der Waals surface area contributed by atoms with Gasteiger partial charge in [0.05, 0.1) is 11.8 Å². The second kappa shape index (κ2) is 6.31. The van der Waals surface area contributed by atoms with Gasteiger partial charge in [-0.1, -0.05) is 0 Å². The van der Waals surface area contributed by atoms with E-state index in [1.807, 2.05) is 18.7 Å². The Balaban J connectivity index is 1.77. The maximum atomic E-state index is 12.5. The van der Waals surface area contributed by atoms with E-state index in [1.54, 1.807) is 6.07 Å². The van der Waals surface area contributed by atoms with Gasteiger partial charge in [-0.25, -0.2) is 0 Å². The first-order valence-corrected chi connectivity index (χ1v) is 7.52. The van der Waals surface area contributed by atoms with Crippen molar-refractivity contribution in [2.45, 2.75) is 39.5 Å². The van der Waals surface area contributed by atoms with Crippen molar-refractivity contribution in [3.63, 3.8) is 0 Å². The molecule has 0 fully saturated rings. The monoisotopic (exact) mass is 304 g/mol. The van der Waals surface area contributed by atoms with E-state index in [0.29, 0.717) is 38.3 Å². The average Bonchev–Trinajstić information content (AvgIpc) is 3.13. The third-order valence-corrected chi connectivity index (χ3v) is 3.94. The molecule has 0 saturated carbocycles. The van der Waals surface area contributed by atoms with Gasteiger partial charge in [0.2, 0.25) is 0 Å². The van der Waals surface area contributed by atoms with Gasteiger partial charge in [-0.2, -0.15) is 0 Å². The molecule has 0 aliphatic carbocycles. The predicted octanol–water partition coefficient (Wildman–Crippen LogP) is 1.49. The Kier molecular flexibility index (Phi) is 4.24. The number of hydrogen-bond donors (Lipinski definition) is 0. The molecule has 7 nitrogen and oxygen atoms in total. The van der Waals surface area contributed by atoms with E-state index in [1.165, 1.54) is 12.5 Å². The topological polar surface area (TPSA) is 73.4 Å². The maximum Gasteiger partial charge on any atom is 0.257 e. The summed E-state index contributed by atoms with van der Waals surface area (Å²) in [7, 11) is 0. The number of amides is 1. The summed E-state index contributed by atoms with van der Waals surface area (Å²) in [6.45, 7) is 6.38. The van der Waals surface area contributed by atoms with Crippen LogP contribution in [0.3, 0.4) is 0 Å². The highest BCUT2D eigenvalue weighted by molar-refractivity contribution is 5.94. The first-order valence-electron chi connectivity index (χ1n) is 7.52. The lowest BCUT2D eigenvalue weighted by Gasteiger charge is -2.26. The molecule has 0 N–H and O–H groups in total. The first-order chi connectivity index (χ1) is 10.7. The van der Waals surface area contributed by atoms with Crippen molar-refractivity contribution in [2.75, 3.05) is 13.2 Å². The zero-order valence-electron chi connectivity index (χ0n) is 12.9. The molecular weight excluding hydrogens is 284 g/mol. The number of carbonyl (C=O) groups excluding carboxylic acids is 1. The summed E-state index contributed by atoms with van der Waals surface area (Å²) in [5.41, 5.74) is 0.582. The number of aromatic nitrogens is 3. The highest BCUT2D eigenvalue weighted by Crippen LogP contribution is 2.18. The highest BCUT2D eigenvalue weighted by Gasteiger charge is 2.28. The molecule has 1 atom stereocenters. The largest absolute Gasteiger partial charge is 0.472 e. The third-order valence-electron chi connectivity index (χ3n) is 3.94. The van der Waals surface area contributed by atoms with Crippen molar-refractivity contribution in [3.05, 3.63) is 35.8 Å². The van der Waals surface area contributed by atoms with E-state index >= 15 is 0 Å². The van der Waals surface area contributed by atoms with Crippen LogP contribution in [0.1, 0.15) is 35.9 Å². The SMILES string of the molecule is CCOCc1nnc2n1CCN(C(=O)c1ccoc1)[C@@H](C)C2. The van der Waals surface area contributed by atoms with Gasteiger partial charge in [-0.15, -0.1) is 10.2 Å². The second-order valence-electron chi connectivity index (χ2n) is 5.38. The minimum absolute atomic E-state index is 0.00804. The molecule has 118 valence electrons. The van der Waals surface area contributed by atoms with Gasteiger partial charge in [-0.05, 0) is 19.9 Å². The fourth-order valence-electron chi connectivity index (χ4n) is 2.74. The smallest absolute Gasteiger partial charge is 0.257 e. The molecule has 1 aliphatic heterocycles. The van der Waals surface area contributed by atoms with Gasteiger partial charge in [0, 0.05) is 32.2 Å². The van der Waals surface area contributed by atoms with Crippen molar-refractivity contribution in [1.29, 1.82) is 0 Å². The summed E-state index contributed by atoms with van der Waals surface area (Å²) in [4.78, 5) is 14.4. The first kappa shape index (κ1) is 14.8. The Morgan fingerprint density at radius 2 is 2.32 bits per heavy atom. The lowest BCUT2D eigenvalue weighted by atomic mass is 10.1. The zero-order chi connectivity index (χ0) is 15.5. The Labute approximate surface area is 128 Å². The fourth-order valence-corrected chi connectivity index (χ4v) is 2.74. The van der Waals surface area contributed by atoms with Crippen LogP contribution in [0.5, 0.6) is 0 Å². The third kappa shape index (κ3) is 2.76. The van der Waals surface area contributed by atoms with Gasteiger partial charge in [0.25, 0.3) is 5.91 Å². The van der Waals surface area contributed by atoms with E-state index in [9.17, 15) is 4.79 Å². The number of hydrogen-bond acceptors (Lipinski definition) is 5. The van der Waals surface area contributed by atoms with E-state index in [0.717, 1.165) is 11.6 Å². The van der Waals surface area contributed by atoms with Crippen molar-refractivity contribution in [1.82, 2.24) is 19.7 Å². The van der Waals surface area contributed by atoms with E-state index in [-0.39, 0.29) is 11.9 Å². The highest BCUT2D eigenvalue weighted by atomic mass is 16.5. The number of furan rings is 1. The van der Waals surface area contributed by atoms with Crippen LogP contribution in [0.4, 0.5) is 0 Å². The second-order valence-corrected chi connectivity index (χ2v) is 5.38. The van der Waals surface area contributed by atoms with Gasteiger partial charge < -0.3 is 18.6 Å². The average molecular weight is 304 g/mol. The van der Waals surface area contributed by atoms with Crippen molar-refractivity contribution >= 4 is 5.91 Å². The number of nitrogens with zero attached hydrogens (tertiary/aromatic N) is 4. The molecule has 0 saturated heterocycles. The normalized spacial score (nSPS) is 18.1. The molecule has 0 unspecified atom stereocenters. The summed E-state index contributed by atoms with van der Waals surface area (Å²) >= 11 is 0. The van der Waals surface area contributed by atoms with Crippen LogP contribution in [0.25, 0.3) is 0 Å². The maximum absolute atomic E-state index is 12.5. The lowest BCUT2D eigenvalue weighted by Crippen LogP contribution is -2.40. The Morgan fingerprint density at radius 1 is 1.45 bits per heavy atom. The summed E-state index contributed by atoms with van der Waals surface area (Å²) < 4.78 is 12.5. The van der Waals surface area contributed by atoms with Gasteiger partial charge in [0.1, 0.15) is 18.7 Å². The molecule has 2 aromatic rings. The summed E-state index contributed by atoms with van der Waals surface area (Å²) in [5, 5.41) is 8.45. The van der Waals surface area contributed by atoms with Crippen LogP contribution in [0.2, 0.25) is 0 Å². The molecule has 0 bridgehead atoms. The van der Waals surface area contributed by atoms with Crippen LogP contribution in [-0.4, -0.2) is 44.8 Å². The van der Waals surface area contributed by atoms with Crippen LogP contribution < -0.4 is 0 Å². The van der Waals surface area contributed by atoms with Crippen molar-refractivity contribution in [3.8, 4) is 0 Å². The minimum Gasteiger partial charge on any atom is -0.472 e. The predicted molar refractivity (Wildman–Crippen MR) is 78.3 cm³/mol. The number of carbonyl (C=O) groups is 1. The standard InChI is InChI=1S/C15H20N4O3/c1-3-21-10-14-17-16-13-8-11(2)18(5-6-19(13)14)15(20)12-4-7-22-9-12/h4,7,9,11H,3,5-6,8,10H2,1-2H3/t11-/m0/s1. The zero-order valence-corrected chi connectivity index (χ0v) is 12.9. The van der Waals surface area contributed by atoms with Crippen LogP contribution in [0.15, 0.2) is 23.0 Å². The Hall–Kier alpha value is -2.15. The van der Waals surface area contributed by atoms with Crippen molar-refractivity contribution in [2.24, 2.45) is 0 Å². The van der Waals surface area contributed by atoms with Crippen LogP contribution >= 0.6 is 0 Å². The molecule has 0 radical (unpaired) electrons. The summed E-state index contributed by atoms with van der Waals surface area (Å²) in [5.74, 6) is 1.72. The molecular formula is C15H20N4O3. The molecule has 22 heavy (non-hydrogen) atoms. The molecule has 7 heteroatoms. The van der Waals surface area contributed by atoms with E-state index in [2.05, 4.69) is 14.8 Å². The van der Waals surface area contributed by atoms with E-state index < -0.39 is 0 Å². The number of ether oxygens (including phenoxy) is 1. The molecule has 0 spiro atoms. The molecule has 1 amide bonds. The summed E-state index contributed by atoms with van der Waals surface area (Å²) in [6.07, 6.45) is 3.69. The molecule has 2 aromatic heterocycles. The summed E-state index contributed by atoms with van der Waals surface area (Å²) in [6, 6.07) is 1.76. The molecule has 1 aliphatic rings.